The normalized spacial score (nSPS) is 16.7. The van der Waals surface area contributed by atoms with Crippen LogP contribution in [0.3, 0.4) is 0 Å². The van der Waals surface area contributed by atoms with Gasteiger partial charge in [-0.1, -0.05) is 60.7 Å². The van der Waals surface area contributed by atoms with Crippen LogP contribution < -0.4 is 5.73 Å². The van der Waals surface area contributed by atoms with E-state index in [2.05, 4.69) is 6.07 Å². The number of ether oxygens (including phenoxy) is 2. The van der Waals surface area contributed by atoms with Gasteiger partial charge in [-0.05, 0) is 12.5 Å². The van der Waals surface area contributed by atoms with Crippen LogP contribution in [0.2, 0.25) is 0 Å². The van der Waals surface area contributed by atoms with Crippen molar-refractivity contribution >= 4 is 11.7 Å². The van der Waals surface area contributed by atoms with Crippen LogP contribution in [-0.4, -0.2) is 12.6 Å². The lowest BCUT2D eigenvalue weighted by Gasteiger charge is -2.28. The number of nitriles is 1. The Morgan fingerprint density at radius 3 is 2.35 bits per heavy atom. The van der Waals surface area contributed by atoms with Crippen molar-refractivity contribution in [2.45, 2.75) is 12.8 Å². The van der Waals surface area contributed by atoms with Gasteiger partial charge in [0.2, 0.25) is 5.88 Å². The molecule has 0 aromatic heterocycles. The van der Waals surface area contributed by atoms with E-state index in [1.54, 1.807) is 6.92 Å². The van der Waals surface area contributed by atoms with Crippen molar-refractivity contribution < 1.29 is 14.3 Å². The molecule has 130 valence electrons. The molecule has 0 saturated heterocycles. The summed E-state index contributed by atoms with van der Waals surface area (Å²) in [5.74, 6) is -0.868. The van der Waals surface area contributed by atoms with E-state index in [9.17, 15) is 10.1 Å². The summed E-state index contributed by atoms with van der Waals surface area (Å²) >= 11 is 0. The average molecular weight is 346 g/mol. The minimum Gasteiger partial charge on any atom is -0.463 e. The SMILES string of the molecule is CCOC(=O)C1=C(c2ccccc2)OC(N)=C(C#N)[C@@H]1c1ccccc1. The second kappa shape index (κ2) is 7.58. The van der Waals surface area contributed by atoms with Gasteiger partial charge in [0, 0.05) is 5.56 Å². The van der Waals surface area contributed by atoms with E-state index in [0.717, 1.165) is 5.56 Å². The molecule has 5 heteroatoms. The molecule has 2 aromatic rings. The lowest BCUT2D eigenvalue weighted by Crippen LogP contribution is -2.25. The van der Waals surface area contributed by atoms with E-state index in [4.69, 9.17) is 15.2 Å². The third-order valence-electron chi connectivity index (χ3n) is 4.08. The molecule has 0 unspecified atom stereocenters. The molecule has 0 spiro atoms. The Labute approximate surface area is 152 Å². The van der Waals surface area contributed by atoms with E-state index in [1.807, 2.05) is 60.7 Å². The summed E-state index contributed by atoms with van der Waals surface area (Å²) in [6, 6.07) is 20.5. The van der Waals surface area contributed by atoms with Gasteiger partial charge in [-0.15, -0.1) is 0 Å². The molecule has 1 aliphatic rings. The van der Waals surface area contributed by atoms with Crippen molar-refractivity contribution in [3.8, 4) is 6.07 Å². The van der Waals surface area contributed by atoms with Crippen LogP contribution in [0.1, 0.15) is 24.0 Å². The topological polar surface area (TPSA) is 85.3 Å². The van der Waals surface area contributed by atoms with Crippen LogP contribution in [0.4, 0.5) is 0 Å². The molecule has 1 heterocycles. The van der Waals surface area contributed by atoms with Crippen LogP contribution in [-0.2, 0) is 14.3 Å². The molecule has 0 bridgehead atoms. The zero-order valence-electron chi connectivity index (χ0n) is 14.3. The first-order chi connectivity index (χ1) is 12.7. The minimum absolute atomic E-state index is 0.00625. The van der Waals surface area contributed by atoms with Crippen LogP contribution in [0.25, 0.3) is 5.76 Å². The Balaban J connectivity index is 2.27. The van der Waals surface area contributed by atoms with E-state index >= 15 is 0 Å². The van der Waals surface area contributed by atoms with E-state index in [-0.39, 0.29) is 23.6 Å². The molecular weight excluding hydrogens is 328 g/mol. The first-order valence-electron chi connectivity index (χ1n) is 8.26. The van der Waals surface area contributed by atoms with Crippen molar-refractivity contribution in [3.05, 3.63) is 88.8 Å². The highest BCUT2D eigenvalue weighted by Gasteiger charge is 2.38. The van der Waals surface area contributed by atoms with Gasteiger partial charge < -0.3 is 15.2 Å². The molecule has 2 N–H and O–H groups in total. The number of nitrogens with zero attached hydrogens (tertiary/aromatic N) is 1. The highest BCUT2D eigenvalue weighted by Crippen LogP contribution is 2.42. The molecule has 3 rings (SSSR count). The van der Waals surface area contributed by atoms with E-state index in [1.165, 1.54) is 0 Å². The van der Waals surface area contributed by atoms with Gasteiger partial charge in [0.25, 0.3) is 0 Å². The molecule has 26 heavy (non-hydrogen) atoms. The van der Waals surface area contributed by atoms with Crippen LogP contribution in [0.15, 0.2) is 77.7 Å². The zero-order chi connectivity index (χ0) is 18.5. The van der Waals surface area contributed by atoms with Crippen molar-refractivity contribution in [1.82, 2.24) is 0 Å². The van der Waals surface area contributed by atoms with Gasteiger partial charge in [0.05, 0.1) is 18.1 Å². The summed E-state index contributed by atoms with van der Waals surface area (Å²) in [6.07, 6.45) is 0. The maximum Gasteiger partial charge on any atom is 0.338 e. The average Bonchev–Trinajstić information content (AvgIpc) is 2.68. The number of esters is 1. The third-order valence-corrected chi connectivity index (χ3v) is 4.08. The molecule has 2 aromatic carbocycles. The first-order valence-corrected chi connectivity index (χ1v) is 8.26. The lowest BCUT2D eigenvalue weighted by atomic mass is 9.82. The van der Waals surface area contributed by atoms with Crippen LogP contribution in [0, 0.1) is 11.3 Å². The quantitative estimate of drug-likeness (QED) is 0.857. The van der Waals surface area contributed by atoms with E-state index in [0.29, 0.717) is 11.3 Å². The Morgan fingerprint density at radius 1 is 1.15 bits per heavy atom. The van der Waals surface area contributed by atoms with Crippen molar-refractivity contribution in [2.24, 2.45) is 5.73 Å². The number of hydrogen-bond donors (Lipinski definition) is 1. The number of nitrogens with two attached hydrogens (primary N) is 1. The Kier molecular flexibility index (Phi) is 5.04. The molecule has 0 radical (unpaired) electrons. The summed E-state index contributed by atoms with van der Waals surface area (Å²) in [5.41, 5.74) is 7.96. The highest BCUT2D eigenvalue weighted by atomic mass is 16.5. The lowest BCUT2D eigenvalue weighted by molar-refractivity contribution is -0.138. The highest BCUT2D eigenvalue weighted by molar-refractivity contribution is 5.99. The molecule has 0 fully saturated rings. The van der Waals surface area contributed by atoms with Crippen LogP contribution in [0.5, 0.6) is 0 Å². The van der Waals surface area contributed by atoms with Gasteiger partial charge in [-0.3, -0.25) is 0 Å². The summed E-state index contributed by atoms with van der Waals surface area (Å²) < 4.78 is 11.0. The monoisotopic (exact) mass is 346 g/mol. The summed E-state index contributed by atoms with van der Waals surface area (Å²) in [4.78, 5) is 12.8. The number of hydrogen-bond acceptors (Lipinski definition) is 5. The zero-order valence-corrected chi connectivity index (χ0v) is 14.3. The minimum atomic E-state index is -0.649. The van der Waals surface area contributed by atoms with Gasteiger partial charge >= 0.3 is 5.97 Å². The number of carbonyl (C=O) groups excluding carboxylic acids is 1. The van der Waals surface area contributed by atoms with Crippen molar-refractivity contribution in [2.75, 3.05) is 6.61 Å². The standard InChI is InChI=1S/C21H18N2O3/c1-2-25-21(24)18-17(14-9-5-3-6-10-14)16(13-22)20(23)26-19(18)15-11-7-4-8-12-15/h3-12,17H,2,23H2,1H3/t17-/m0/s1. The molecular formula is C21H18N2O3. The third kappa shape index (κ3) is 3.17. The van der Waals surface area contributed by atoms with Gasteiger partial charge in [0.1, 0.15) is 17.4 Å². The molecule has 0 aliphatic carbocycles. The van der Waals surface area contributed by atoms with Gasteiger partial charge in [-0.2, -0.15) is 5.26 Å². The summed E-state index contributed by atoms with van der Waals surface area (Å²) in [7, 11) is 0. The first kappa shape index (κ1) is 17.3. The maximum atomic E-state index is 12.8. The number of rotatable bonds is 4. The predicted octanol–water partition coefficient (Wildman–Crippen LogP) is 3.47. The van der Waals surface area contributed by atoms with E-state index < -0.39 is 11.9 Å². The maximum absolute atomic E-state index is 12.8. The summed E-state index contributed by atoms with van der Waals surface area (Å²) in [5, 5.41) is 9.64. The fraction of sp³-hybridized carbons (Fsp3) is 0.143. The Morgan fingerprint density at radius 2 is 1.77 bits per heavy atom. The summed E-state index contributed by atoms with van der Waals surface area (Å²) in [6.45, 7) is 1.95. The number of carbonyl (C=O) groups is 1. The molecule has 1 aliphatic heterocycles. The predicted molar refractivity (Wildman–Crippen MR) is 97.1 cm³/mol. The van der Waals surface area contributed by atoms with Crippen LogP contribution >= 0.6 is 0 Å². The fourth-order valence-corrected chi connectivity index (χ4v) is 2.96. The second-order valence-corrected chi connectivity index (χ2v) is 5.66. The van der Waals surface area contributed by atoms with Gasteiger partial charge in [0.15, 0.2) is 0 Å². The van der Waals surface area contributed by atoms with Crippen molar-refractivity contribution in [1.29, 1.82) is 5.26 Å². The fourth-order valence-electron chi connectivity index (χ4n) is 2.96. The molecule has 5 nitrogen and oxygen atoms in total. The second-order valence-electron chi connectivity index (χ2n) is 5.66. The van der Waals surface area contributed by atoms with Gasteiger partial charge in [-0.25, -0.2) is 4.79 Å². The number of benzene rings is 2. The number of allylic oxidation sites excluding steroid dienone is 1. The Bertz CT molecular complexity index is 909. The molecule has 0 saturated carbocycles. The van der Waals surface area contributed by atoms with Crippen molar-refractivity contribution in [3.63, 3.8) is 0 Å². The molecule has 0 amide bonds. The largest absolute Gasteiger partial charge is 0.463 e. The molecule has 1 atom stereocenters. The smallest absolute Gasteiger partial charge is 0.338 e. The Hall–Kier alpha value is -3.52.